The van der Waals surface area contributed by atoms with E-state index in [1.54, 1.807) is 0 Å². The summed E-state index contributed by atoms with van der Waals surface area (Å²) in [4.78, 5) is 14.6. The van der Waals surface area contributed by atoms with Crippen molar-refractivity contribution in [3.63, 3.8) is 0 Å². The van der Waals surface area contributed by atoms with Crippen molar-refractivity contribution in [2.24, 2.45) is 11.8 Å². The van der Waals surface area contributed by atoms with E-state index in [2.05, 4.69) is 44.8 Å². The van der Waals surface area contributed by atoms with Crippen molar-refractivity contribution in [1.29, 1.82) is 0 Å². The first-order chi connectivity index (χ1) is 8.35. The Bertz CT molecular complexity index is 290. The van der Waals surface area contributed by atoms with Crippen molar-refractivity contribution >= 4 is 5.91 Å². The second-order valence-corrected chi connectivity index (χ2v) is 6.31. The monoisotopic (exact) mass is 254 g/mol. The topological polar surface area (TPSA) is 32.3 Å². The number of carbonyl (C=O) groups excluding carboxylic acids is 1. The van der Waals surface area contributed by atoms with Crippen LogP contribution in [0.1, 0.15) is 60.8 Å². The van der Waals surface area contributed by atoms with E-state index in [0.717, 1.165) is 25.8 Å². The van der Waals surface area contributed by atoms with Gasteiger partial charge in [-0.3, -0.25) is 10.1 Å². The molecule has 3 heteroatoms. The zero-order chi connectivity index (χ0) is 13.9. The second-order valence-electron chi connectivity index (χ2n) is 6.31. The van der Waals surface area contributed by atoms with Gasteiger partial charge in [0.15, 0.2) is 0 Å². The van der Waals surface area contributed by atoms with Crippen LogP contribution in [0.5, 0.6) is 0 Å². The highest BCUT2D eigenvalue weighted by molar-refractivity contribution is 5.88. The maximum Gasteiger partial charge on any atom is 0.243 e. The van der Waals surface area contributed by atoms with Crippen LogP contribution in [0.25, 0.3) is 0 Å². The molecule has 1 rings (SSSR count). The van der Waals surface area contributed by atoms with Gasteiger partial charge in [-0.2, -0.15) is 0 Å². The van der Waals surface area contributed by atoms with E-state index in [9.17, 15) is 4.79 Å². The van der Waals surface area contributed by atoms with E-state index in [0.29, 0.717) is 11.8 Å². The summed E-state index contributed by atoms with van der Waals surface area (Å²) in [5.41, 5.74) is -0.351. The van der Waals surface area contributed by atoms with Crippen LogP contribution >= 0.6 is 0 Å². The number of hydrogen-bond acceptors (Lipinski definition) is 2. The third kappa shape index (κ3) is 3.05. The van der Waals surface area contributed by atoms with Crippen LogP contribution in [0.15, 0.2) is 0 Å². The van der Waals surface area contributed by atoms with E-state index >= 15 is 0 Å². The van der Waals surface area contributed by atoms with Crippen LogP contribution in [0.3, 0.4) is 0 Å². The molecule has 1 fully saturated rings. The molecule has 0 aromatic heterocycles. The fraction of sp³-hybridized carbons (Fsp3) is 0.933. The van der Waals surface area contributed by atoms with Crippen molar-refractivity contribution < 1.29 is 4.79 Å². The Labute approximate surface area is 112 Å². The third-order valence-corrected chi connectivity index (χ3v) is 4.49. The highest BCUT2D eigenvalue weighted by Gasteiger charge is 2.46. The summed E-state index contributed by atoms with van der Waals surface area (Å²) >= 11 is 0. The van der Waals surface area contributed by atoms with Gasteiger partial charge in [0.1, 0.15) is 0 Å². The lowest BCUT2D eigenvalue weighted by Gasteiger charge is -2.28. The molecule has 3 nitrogen and oxygen atoms in total. The lowest BCUT2D eigenvalue weighted by Crippen LogP contribution is -2.43. The SMILES string of the molecule is CCCC1NC(C)(CC)C(=O)N1CC(C)C(C)C. The highest BCUT2D eigenvalue weighted by atomic mass is 16.2. The summed E-state index contributed by atoms with van der Waals surface area (Å²) in [6, 6.07) is 0. The summed E-state index contributed by atoms with van der Waals surface area (Å²) < 4.78 is 0. The first-order valence-corrected chi connectivity index (χ1v) is 7.44. The molecule has 1 aliphatic heterocycles. The Morgan fingerprint density at radius 3 is 2.39 bits per heavy atom. The molecule has 0 aromatic carbocycles. The van der Waals surface area contributed by atoms with Gasteiger partial charge in [0.25, 0.3) is 0 Å². The van der Waals surface area contributed by atoms with E-state index in [1.165, 1.54) is 0 Å². The summed E-state index contributed by atoms with van der Waals surface area (Å²) in [6.07, 6.45) is 3.25. The van der Waals surface area contributed by atoms with Gasteiger partial charge < -0.3 is 4.90 Å². The molecule has 0 aromatic rings. The summed E-state index contributed by atoms with van der Waals surface area (Å²) in [5.74, 6) is 1.46. The normalized spacial score (nSPS) is 30.3. The molecule has 106 valence electrons. The molecule has 1 heterocycles. The molecule has 1 N–H and O–H groups in total. The second kappa shape index (κ2) is 6.05. The maximum absolute atomic E-state index is 12.6. The number of carbonyl (C=O) groups is 1. The zero-order valence-corrected chi connectivity index (χ0v) is 12.9. The van der Waals surface area contributed by atoms with Crippen LogP contribution in [0, 0.1) is 11.8 Å². The van der Waals surface area contributed by atoms with Crippen LogP contribution in [-0.2, 0) is 4.79 Å². The summed E-state index contributed by atoms with van der Waals surface area (Å²) in [5, 5.41) is 3.54. The van der Waals surface area contributed by atoms with Crippen molar-refractivity contribution in [3.05, 3.63) is 0 Å². The molecule has 1 aliphatic rings. The number of amides is 1. The lowest BCUT2D eigenvalue weighted by molar-refractivity contribution is -0.133. The number of hydrogen-bond donors (Lipinski definition) is 1. The van der Waals surface area contributed by atoms with Crippen LogP contribution in [0.2, 0.25) is 0 Å². The molecule has 0 spiro atoms. The molecule has 18 heavy (non-hydrogen) atoms. The fourth-order valence-electron chi connectivity index (χ4n) is 2.45. The maximum atomic E-state index is 12.6. The molecule has 0 aliphatic carbocycles. The quantitative estimate of drug-likeness (QED) is 0.790. The zero-order valence-electron chi connectivity index (χ0n) is 12.9. The molecule has 0 bridgehead atoms. The van der Waals surface area contributed by atoms with Gasteiger partial charge in [0.05, 0.1) is 11.7 Å². The Kier molecular flexibility index (Phi) is 5.20. The minimum atomic E-state index is -0.351. The lowest BCUT2D eigenvalue weighted by atomic mass is 9.96. The predicted molar refractivity (Wildman–Crippen MR) is 76.2 cm³/mol. The average Bonchev–Trinajstić information content (AvgIpc) is 2.55. The Hall–Kier alpha value is -0.570. The van der Waals surface area contributed by atoms with Crippen LogP contribution in [0.4, 0.5) is 0 Å². The number of nitrogens with zero attached hydrogens (tertiary/aromatic N) is 1. The van der Waals surface area contributed by atoms with E-state index < -0.39 is 0 Å². The highest BCUT2D eigenvalue weighted by Crippen LogP contribution is 2.27. The van der Waals surface area contributed by atoms with Crippen molar-refractivity contribution in [1.82, 2.24) is 10.2 Å². The molecule has 3 unspecified atom stereocenters. The van der Waals surface area contributed by atoms with Gasteiger partial charge in [-0.15, -0.1) is 0 Å². The van der Waals surface area contributed by atoms with E-state index in [1.807, 2.05) is 6.92 Å². The molecule has 1 saturated heterocycles. The van der Waals surface area contributed by atoms with Gasteiger partial charge in [-0.25, -0.2) is 0 Å². The first kappa shape index (κ1) is 15.5. The van der Waals surface area contributed by atoms with Gasteiger partial charge in [0.2, 0.25) is 5.91 Å². The molecular weight excluding hydrogens is 224 g/mol. The van der Waals surface area contributed by atoms with Gasteiger partial charge in [-0.05, 0) is 31.6 Å². The third-order valence-electron chi connectivity index (χ3n) is 4.49. The Balaban J connectivity index is 2.81. The average molecular weight is 254 g/mol. The number of rotatable bonds is 6. The predicted octanol–water partition coefficient (Wildman–Crippen LogP) is 3.01. The largest absolute Gasteiger partial charge is 0.325 e. The van der Waals surface area contributed by atoms with Gasteiger partial charge in [0, 0.05) is 6.54 Å². The van der Waals surface area contributed by atoms with Crippen LogP contribution in [-0.4, -0.2) is 29.1 Å². The number of nitrogens with one attached hydrogen (secondary N) is 1. The Morgan fingerprint density at radius 1 is 1.33 bits per heavy atom. The summed E-state index contributed by atoms with van der Waals surface area (Å²) in [7, 11) is 0. The first-order valence-electron chi connectivity index (χ1n) is 7.44. The molecule has 0 saturated carbocycles. The van der Waals surface area contributed by atoms with E-state index in [-0.39, 0.29) is 17.6 Å². The Morgan fingerprint density at radius 2 is 1.94 bits per heavy atom. The fourth-order valence-corrected chi connectivity index (χ4v) is 2.45. The standard InChI is InChI=1S/C15H30N2O/c1-7-9-13-16-15(6,8-2)14(18)17(13)10-12(5)11(3)4/h11-13,16H,7-10H2,1-6H3. The smallest absolute Gasteiger partial charge is 0.243 e. The van der Waals surface area contributed by atoms with Crippen molar-refractivity contribution in [2.45, 2.75) is 72.5 Å². The summed E-state index contributed by atoms with van der Waals surface area (Å²) in [6.45, 7) is 13.9. The van der Waals surface area contributed by atoms with Crippen molar-refractivity contribution in [2.75, 3.05) is 6.54 Å². The van der Waals surface area contributed by atoms with Crippen LogP contribution < -0.4 is 5.32 Å². The van der Waals surface area contributed by atoms with E-state index in [4.69, 9.17) is 0 Å². The minimum Gasteiger partial charge on any atom is -0.325 e. The molecule has 0 radical (unpaired) electrons. The van der Waals surface area contributed by atoms with Crippen molar-refractivity contribution in [3.8, 4) is 0 Å². The van der Waals surface area contributed by atoms with Gasteiger partial charge >= 0.3 is 0 Å². The molecule has 3 atom stereocenters. The molecule has 1 amide bonds. The molecular formula is C15H30N2O. The minimum absolute atomic E-state index is 0.230. The van der Waals surface area contributed by atoms with Gasteiger partial charge in [-0.1, -0.05) is 41.0 Å².